The fourth-order valence-electron chi connectivity index (χ4n) is 3.15. The van der Waals surface area contributed by atoms with Gasteiger partial charge in [-0.2, -0.15) is 0 Å². The molecule has 1 heterocycles. The molecule has 1 aromatic carbocycles. The maximum Gasteiger partial charge on any atom is 0.217 e. The molecular formula is C18H29N3O. The van der Waals surface area contributed by atoms with Gasteiger partial charge in [-0.05, 0) is 50.6 Å². The number of carbonyl (C=O) groups excluding carboxylic acids is 1. The molecule has 1 aromatic rings. The molecule has 0 saturated carbocycles. The van der Waals surface area contributed by atoms with Crippen LogP contribution in [0.5, 0.6) is 0 Å². The minimum absolute atomic E-state index is 0.0270. The zero-order valence-electron chi connectivity index (χ0n) is 14.4. The number of benzene rings is 1. The van der Waals surface area contributed by atoms with E-state index >= 15 is 0 Å². The summed E-state index contributed by atoms with van der Waals surface area (Å²) in [5, 5.41) is 2.95. The molecule has 0 radical (unpaired) electrons. The Balaban J connectivity index is 2.13. The summed E-state index contributed by atoms with van der Waals surface area (Å²) >= 11 is 0. The SMILES string of the molecule is CCc1ccc(N2CCC(N(C)C)CC2)c(CNC(C)=O)c1. The largest absolute Gasteiger partial charge is 0.371 e. The van der Waals surface area contributed by atoms with Gasteiger partial charge in [-0.25, -0.2) is 0 Å². The third kappa shape index (κ3) is 4.23. The van der Waals surface area contributed by atoms with Gasteiger partial charge in [-0.15, -0.1) is 0 Å². The first-order valence-corrected chi connectivity index (χ1v) is 8.29. The van der Waals surface area contributed by atoms with E-state index in [9.17, 15) is 4.79 Å². The third-order valence-corrected chi connectivity index (χ3v) is 4.62. The number of hydrogen-bond donors (Lipinski definition) is 1. The summed E-state index contributed by atoms with van der Waals surface area (Å²) in [6.07, 6.45) is 3.42. The molecule has 0 bridgehead atoms. The van der Waals surface area contributed by atoms with Crippen LogP contribution in [-0.2, 0) is 17.8 Å². The van der Waals surface area contributed by atoms with Crippen LogP contribution in [-0.4, -0.2) is 44.0 Å². The monoisotopic (exact) mass is 303 g/mol. The van der Waals surface area contributed by atoms with Crippen molar-refractivity contribution in [2.45, 2.75) is 45.7 Å². The summed E-state index contributed by atoms with van der Waals surface area (Å²) < 4.78 is 0. The van der Waals surface area contributed by atoms with Crippen LogP contribution < -0.4 is 10.2 Å². The van der Waals surface area contributed by atoms with Gasteiger partial charge in [0.2, 0.25) is 5.91 Å². The van der Waals surface area contributed by atoms with Crippen LogP contribution in [0, 0.1) is 0 Å². The first-order valence-electron chi connectivity index (χ1n) is 8.29. The second kappa shape index (κ2) is 7.63. The van der Waals surface area contributed by atoms with Crippen molar-refractivity contribution in [1.82, 2.24) is 10.2 Å². The summed E-state index contributed by atoms with van der Waals surface area (Å²) in [6, 6.07) is 7.37. The maximum absolute atomic E-state index is 11.2. The average Bonchev–Trinajstić information content (AvgIpc) is 2.52. The van der Waals surface area contributed by atoms with E-state index in [4.69, 9.17) is 0 Å². The van der Waals surface area contributed by atoms with Crippen molar-refractivity contribution in [2.75, 3.05) is 32.1 Å². The fourth-order valence-corrected chi connectivity index (χ4v) is 3.15. The summed E-state index contributed by atoms with van der Waals surface area (Å²) in [7, 11) is 4.33. The van der Waals surface area contributed by atoms with Crippen LogP contribution in [0.4, 0.5) is 5.69 Å². The minimum Gasteiger partial charge on any atom is -0.371 e. The van der Waals surface area contributed by atoms with Crippen molar-refractivity contribution in [3.8, 4) is 0 Å². The highest BCUT2D eigenvalue weighted by atomic mass is 16.1. The fraction of sp³-hybridized carbons (Fsp3) is 0.611. The Hall–Kier alpha value is -1.55. The molecule has 4 nitrogen and oxygen atoms in total. The van der Waals surface area contributed by atoms with E-state index in [2.05, 4.69) is 54.3 Å². The molecule has 2 rings (SSSR count). The Morgan fingerprint density at radius 2 is 2.00 bits per heavy atom. The van der Waals surface area contributed by atoms with Crippen molar-refractivity contribution in [3.63, 3.8) is 0 Å². The predicted molar refractivity (Wildman–Crippen MR) is 92.3 cm³/mol. The number of aryl methyl sites for hydroxylation is 1. The summed E-state index contributed by atoms with van der Waals surface area (Å²) in [6.45, 7) is 6.53. The molecule has 1 N–H and O–H groups in total. The lowest BCUT2D eigenvalue weighted by Gasteiger charge is -2.37. The standard InChI is InChI=1S/C18H29N3O/c1-5-15-6-7-18(16(12-15)13-19-14(2)22)21-10-8-17(9-11-21)20(3)4/h6-7,12,17H,5,8-11,13H2,1-4H3,(H,19,22). The van der Waals surface area contributed by atoms with Crippen molar-refractivity contribution >= 4 is 11.6 Å². The highest BCUT2D eigenvalue weighted by Crippen LogP contribution is 2.26. The molecule has 1 fully saturated rings. The first-order chi connectivity index (χ1) is 10.5. The van der Waals surface area contributed by atoms with E-state index in [-0.39, 0.29) is 5.91 Å². The van der Waals surface area contributed by atoms with Crippen LogP contribution in [0.15, 0.2) is 18.2 Å². The number of hydrogen-bond acceptors (Lipinski definition) is 3. The average molecular weight is 303 g/mol. The lowest BCUT2D eigenvalue weighted by molar-refractivity contribution is -0.119. The molecule has 0 atom stereocenters. The van der Waals surface area contributed by atoms with E-state index in [0.29, 0.717) is 12.6 Å². The van der Waals surface area contributed by atoms with Gasteiger partial charge in [0.05, 0.1) is 0 Å². The van der Waals surface area contributed by atoms with E-state index in [1.807, 2.05) is 0 Å². The van der Waals surface area contributed by atoms with Crippen LogP contribution in [0.2, 0.25) is 0 Å². The molecule has 22 heavy (non-hydrogen) atoms. The van der Waals surface area contributed by atoms with Gasteiger partial charge in [-0.1, -0.05) is 19.1 Å². The topological polar surface area (TPSA) is 35.6 Å². The molecule has 0 unspecified atom stereocenters. The van der Waals surface area contributed by atoms with Crippen molar-refractivity contribution in [1.29, 1.82) is 0 Å². The van der Waals surface area contributed by atoms with Crippen molar-refractivity contribution in [3.05, 3.63) is 29.3 Å². The number of rotatable bonds is 5. The first kappa shape index (κ1) is 16.8. The Bertz CT molecular complexity index is 505. The lowest BCUT2D eigenvalue weighted by Crippen LogP contribution is -2.42. The highest BCUT2D eigenvalue weighted by molar-refractivity contribution is 5.73. The van der Waals surface area contributed by atoms with Crippen molar-refractivity contribution in [2.24, 2.45) is 0 Å². The normalized spacial score (nSPS) is 16.1. The van der Waals surface area contributed by atoms with Gasteiger partial charge in [0.25, 0.3) is 0 Å². The Labute approximate surface area is 134 Å². The summed E-state index contributed by atoms with van der Waals surface area (Å²) in [5.41, 5.74) is 3.84. The van der Waals surface area contributed by atoms with Gasteiger partial charge in [-0.3, -0.25) is 4.79 Å². The van der Waals surface area contributed by atoms with Gasteiger partial charge in [0, 0.05) is 38.3 Å². The van der Waals surface area contributed by atoms with Gasteiger partial charge in [0.1, 0.15) is 0 Å². The number of nitrogens with one attached hydrogen (secondary N) is 1. The Kier molecular flexibility index (Phi) is 5.83. The maximum atomic E-state index is 11.2. The lowest BCUT2D eigenvalue weighted by atomic mass is 10.0. The molecule has 0 aliphatic carbocycles. The van der Waals surface area contributed by atoms with Crippen LogP contribution in [0.25, 0.3) is 0 Å². The number of nitrogens with zero attached hydrogens (tertiary/aromatic N) is 2. The minimum atomic E-state index is 0.0270. The molecule has 1 amide bonds. The van der Waals surface area contributed by atoms with E-state index in [1.54, 1.807) is 6.92 Å². The number of carbonyl (C=O) groups is 1. The summed E-state index contributed by atoms with van der Waals surface area (Å²) in [4.78, 5) is 16.0. The van der Waals surface area contributed by atoms with Gasteiger partial charge < -0.3 is 15.1 Å². The quantitative estimate of drug-likeness (QED) is 0.907. The van der Waals surface area contributed by atoms with E-state index < -0.39 is 0 Å². The molecule has 0 spiro atoms. The number of piperidine rings is 1. The molecule has 122 valence electrons. The predicted octanol–water partition coefficient (Wildman–Crippen LogP) is 2.42. The molecular weight excluding hydrogens is 274 g/mol. The smallest absolute Gasteiger partial charge is 0.217 e. The molecule has 1 aliphatic heterocycles. The third-order valence-electron chi connectivity index (χ3n) is 4.62. The second-order valence-electron chi connectivity index (χ2n) is 6.41. The highest BCUT2D eigenvalue weighted by Gasteiger charge is 2.22. The Morgan fingerprint density at radius 1 is 1.32 bits per heavy atom. The molecule has 1 aliphatic rings. The number of anilines is 1. The van der Waals surface area contributed by atoms with Gasteiger partial charge >= 0.3 is 0 Å². The van der Waals surface area contributed by atoms with E-state index in [0.717, 1.165) is 19.5 Å². The van der Waals surface area contributed by atoms with Gasteiger partial charge in [0.15, 0.2) is 0 Å². The zero-order valence-corrected chi connectivity index (χ0v) is 14.4. The van der Waals surface area contributed by atoms with E-state index in [1.165, 1.54) is 29.7 Å². The zero-order chi connectivity index (χ0) is 16.1. The summed E-state index contributed by atoms with van der Waals surface area (Å²) in [5.74, 6) is 0.0270. The second-order valence-corrected chi connectivity index (χ2v) is 6.41. The Morgan fingerprint density at radius 3 is 2.55 bits per heavy atom. The van der Waals surface area contributed by atoms with Crippen LogP contribution in [0.3, 0.4) is 0 Å². The van der Waals surface area contributed by atoms with Crippen LogP contribution in [0.1, 0.15) is 37.8 Å². The molecule has 0 aromatic heterocycles. The molecule has 4 heteroatoms. The number of amides is 1. The van der Waals surface area contributed by atoms with Crippen molar-refractivity contribution < 1.29 is 4.79 Å². The molecule has 1 saturated heterocycles. The van der Waals surface area contributed by atoms with Crippen LogP contribution >= 0.6 is 0 Å².